The van der Waals surface area contributed by atoms with Gasteiger partial charge >= 0.3 is 0 Å². The lowest BCUT2D eigenvalue weighted by Gasteiger charge is -2.25. The number of halogens is 1. The molecule has 2 rings (SSSR count). The molecule has 0 aliphatic carbocycles. The monoisotopic (exact) mass is 221 g/mol. The van der Waals surface area contributed by atoms with Crippen LogP contribution in [0.4, 0.5) is 4.39 Å². The SMILES string of the molecule is CC(F)Cc1cccc(C2(C)CCCN2)c1. The fourth-order valence-corrected chi connectivity index (χ4v) is 2.51. The first-order valence-electron chi connectivity index (χ1n) is 6.09. The van der Waals surface area contributed by atoms with Crippen LogP contribution in [0.25, 0.3) is 0 Å². The van der Waals surface area contributed by atoms with Gasteiger partial charge in [0.2, 0.25) is 0 Å². The van der Waals surface area contributed by atoms with Gasteiger partial charge in [-0.05, 0) is 44.4 Å². The van der Waals surface area contributed by atoms with Crippen molar-refractivity contribution in [3.63, 3.8) is 0 Å². The van der Waals surface area contributed by atoms with Gasteiger partial charge in [0.1, 0.15) is 6.17 Å². The molecule has 16 heavy (non-hydrogen) atoms. The zero-order chi connectivity index (χ0) is 11.6. The van der Waals surface area contributed by atoms with Crippen molar-refractivity contribution in [2.45, 2.75) is 44.8 Å². The van der Waals surface area contributed by atoms with Gasteiger partial charge in [0.25, 0.3) is 0 Å². The lowest BCUT2D eigenvalue weighted by Crippen LogP contribution is -2.33. The average Bonchev–Trinajstić information content (AvgIpc) is 2.66. The summed E-state index contributed by atoms with van der Waals surface area (Å²) in [6, 6.07) is 8.34. The van der Waals surface area contributed by atoms with Crippen LogP contribution in [0.15, 0.2) is 24.3 Å². The molecule has 1 fully saturated rings. The summed E-state index contributed by atoms with van der Waals surface area (Å²) in [5, 5.41) is 3.54. The largest absolute Gasteiger partial charge is 0.308 e. The molecule has 1 nitrogen and oxygen atoms in total. The van der Waals surface area contributed by atoms with Crippen LogP contribution < -0.4 is 5.32 Å². The molecule has 1 saturated heterocycles. The highest BCUT2D eigenvalue weighted by Crippen LogP contribution is 2.30. The van der Waals surface area contributed by atoms with E-state index in [0.29, 0.717) is 6.42 Å². The fraction of sp³-hybridized carbons (Fsp3) is 0.571. The Morgan fingerprint density at radius 1 is 1.50 bits per heavy atom. The van der Waals surface area contributed by atoms with Gasteiger partial charge in [-0.3, -0.25) is 0 Å². The first-order valence-corrected chi connectivity index (χ1v) is 6.09. The van der Waals surface area contributed by atoms with Gasteiger partial charge in [-0.25, -0.2) is 4.39 Å². The lowest BCUT2D eigenvalue weighted by atomic mass is 9.89. The summed E-state index contributed by atoms with van der Waals surface area (Å²) in [4.78, 5) is 0. The topological polar surface area (TPSA) is 12.0 Å². The minimum atomic E-state index is -0.764. The van der Waals surface area contributed by atoms with Crippen LogP contribution in [0.1, 0.15) is 37.8 Å². The summed E-state index contributed by atoms with van der Waals surface area (Å²) in [6.45, 7) is 4.93. The Labute approximate surface area is 97.1 Å². The van der Waals surface area contributed by atoms with Crippen molar-refractivity contribution in [2.75, 3.05) is 6.54 Å². The molecule has 1 aromatic carbocycles. The standard InChI is InChI=1S/C14H20FN/c1-11(15)9-12-5-3-6-13(10-12)14(2)7-4-8-16-14/h3,5-6,10-11,16H,4,7-9H2,1-2H3. The molecule has 0 amide bonds. The van der Waals surface area contributed by atoms with Crippen LogP contribution in [-0.2, 0) is 12.0 Å². The Kier molecular flexibility index (Phi) is 3.29. The van der Waals surface area contributed by atoms with E-state index in [1.807, 2.05) is 12.1 Å². The van der Waals surface area contributed by atoms with Crippen LogP contribution in [0.2, 0.25) is 0 Å². The van der Waals surface area contributed by atoms with E-state index in [1.165, 1.54) is 18.4 Å². The molecule has 2 unspecified atom stereocenters. The van der Waals surface area contributed by atoms with Gasteiger partial charge in [0, 0.05) is 12.0 Å². The maximum absolute atomic E-state index is 13.0. The van der Waals surface area contributed by atoms with E-state index in [0.717, 1.165) is 12.1 Å². The number of rotatable bonds is 3. The van der Waals surface area contributed by atoms with Crippen molar-refractivity contribution in [1.29, 1.82) is 0 Å². The van der Waals surface area contributed by atoms with Gasteiger partial charge in [0.15, 0.2) is 0 Å². The van der Waals surface area contributed by atoms with Crippen LogP contribution in [0.5, 0.6) is 0 Å². The third-order valence-electron chi connectivity index (χ3n) is 3.45. The van der Waals surface area contributed by atoms with Gasteiger partial charge in [-0.1, -0.05) is 24.3 Å². The Hall–Kier alpha value is -0.890. The van der Waals surface area contributed by atoms with E-state index in [2.05, 4.69) is 24.4 Å². The summed E-state index contributed by atoms with van der Waals surface area (Å²) < 4.78 is 13.0. The smallest absolute Gasteiger partial charge is 0.101 e. The quantitative estimate of drug-likeness (QED) is 0.826. The molecule has 1 aliphatic heterocycles. The van der Waals surface area contributed by atoms with Gasteiger partial charge in [-0.15, -0.1) is 0 Å². The van der Waals surface area contributed by atoms with Gasteiger partial charge in [0.05, 0.1) is 0 Å². The van der Waals surface area contributed by atoms with Gasteiger partial charge in [-0.2, -0.15) is 0 Å². The molecule has 2 atom stereocenters. The predicted molar refractivity (Wildman–Crippen MR) is 65.3 cm³/mol. The molecule has 0 spiro atoms. The summed E-state index contributed by atoms with van der Waals surface area (Å²) in [5.41, 5.74) is 2.49. The number of hydrogen-bond donors (Lipinski definition) is 1. The van der Waals surface area contributed by atoms with E-state index < -0.39 is 6.17 Å². The van der Waals surface area contributed by atoms with Crippen LogP contribution in [-0.4, -0.2) is 12.7 Å². The molecule has 0 radical (unpaired) electrons. The molecular formula is C14H20FN. The van der Waals surface area contributed by atoms with E-state index in [-0.39, 0.29) is 5.54 Å². The number of nitrogens with one attached hydrogen (secondary N) is 1. The first kappa shape index (κ1) is 11.6. The number of hydrogen-bond acceptors (Lipinski definition) is 1. The minimum Gasteiger partial charge on any atom is -0.308 e. The third kappa shape index (κ3) is 2.43. The first-order chi connectivity index (χ1) is 7.60. The third-order valence-corrected chi connectivity index (χ3v) is 3.45. The highest BCUT2D eigenvalue weighted by atomic mass is 19.1. The van der Waals surface area contributed by atoms with E-state index in [9.17, 15) is 4.39 Å². The normalized spacial score (nSPS) is 26.9. The Morgan fingerprint density at radius 2 is 2.31 bits per heavy atom. The fourth-order valence-electron chi connectivity index (χ4n) is 2.51. The minimum absolute atomic E-state index is 0.0928. The molecule has 1 aromatic rings. The van der Waals surface area contributed by atoms with Crippen LogP contribution in [0, 0.1) is 0 Å². The van der Waals surface area contributed by atoms with Gasteiger partial charge < -0.3 is 5.32 Å². The second kappa shape index (κ2) is 4.54. The predicted octanol–water partition coefficient (Wildman–Crippen LogP) is 3.19. The molecule has 0 aromatic heterocycles. The highest BCUT2D eigenvalue weighted by molar-refractivity contribution is 5.30. The highest BCUT2D eigenvalue weighted by Gasteiger charge is 2.29. The molecule has 2 heteroatoms. The Balaban J connectivity index is 2.21. The summed E-state index contributed by atoms with van der Waals surface area (Å²) in [7, 11) is 0. The van der Waals surface area contributed by atoms with Crippen molar-refractivity contribution < 1.29 is 4.39 Å². The van der Waals surface area contributed by atoms with E-state index >= 15 is 0 Å². The van der Waals surface area contributed by atoms with Crippen molar-refractivity contribution in [2.24, 2.45) is 0 Å². The van der Waals surface area contributed by atoms with Crippen LogP contribution in [0.3, 0.4) is 0 Å². The van der Waals surface area contributed by atoms with Crippen molar-refractivity contribution >= 4 is 0 Å². The van der Waals surface area contributed by atoms with Crippen LogP contribution >= 0.6 is 0 Å². The molecule has 0 saturated carbocycles. The molecule has 1 aliphatic rings. The zero-order valence-electron chi connectivity index (χ0n) is 10.1. The maximum Gasteiger partial charge on any atom is 0.101 e. The summed E-state index contributed by atoms with van der Waals surface area (Å²) in [5.74, 6) is 0. The van der Waals surface area contributed by atoms with Crippen molar-refractivity contribution in [3.8, 4) is 0 Å². The average molecular weight is 221 g/mol. The maximum atomic E-state index is 13.0. The van der Waals surface area contributed by atoms with E-state index in [4.69, 9.17) is 0 Å². The van der Waals surface area contributed by atoms with E-state index in [1.54, 1.807) is 6.92 Å². The molecule has 1 heterocycles. The molecule has 1 N–H and O–H groups in total. The summed E-state index contributed by atoms with van der Waals surface area (Å²) >= 11 is 0. The van der Waals surface area contributed by atoms with Crippen molar-refractivity contribution in [1.82, 2.24) is 5.32 Å². The molecule has 0 bridgehead atoms. The Bertz CT molecular complexity index is 354. The number of alkyl halides is 1. The Morgan fingerprint density at radius 3 is 2.94 bits per heavy atom. The van der Waals surface area contributed by atoms with Crippen molar-refractivity contribution in [3.05, 3.63) is 35.4 Å². The molecular weight excluding hydrogens is 201 g/mol. The second-order valence-corrected chi connectivity index (χ2v) is 5.05. The lowest BCUT2D eigenvalue weighted by molar-refractivity contribution is 0.359. The summed E-state index contributed by atoms with van der Waals surface area (Å²) in [6.07, 6.45) is 2.14. The zero-order valence-corrected chi connectivity index (χ0v) is 10.1. The second-order valence-electron chi connectivity index (χ2n) is 5.05. The number of benzene rings is 1. The molecule has 88 valence electrons.